The molecule has 51 heavy (non-hydrogen) atoms. The van der Waals surface area contributed by atoms with Crippen LogP contribution in [-0.2, 0) is 23.7 Å². The topological polar surface area (TPSA) is 136 Å². The van der Waals surface area contributed by atoms with Gasteiger partial charge in [0.2, 0.25) is 11.9 Å². The normalized spacial score (nSPS) is 17.9. The zero-order valence-corrected chi connectivity index (χ0v) is 27.5. The Kier molecular flexibility index (Phi) is 8.26. The van der Waals surface area contributed by atoms with Crippen molar-refractivity contribution in [1.29, 1.82) is 0 Å². The number of hydrogen-bond acceptors (Lipinski definition) is 7. The van der Waals surface area contributed by atoms with Crippen LogP contribution in [0, 0.1) is 29.4 Å². The molecule has 0 saturated heterocycles. The van der Waals surface area contributed by atoms with E-state index in [1.54, 1.807) is 12.1 Å². The van der Waals surface area contributed by atoms with Crippen molar-refractivity contribution in [2.75, 3.05) is 5.73 Å². The SMILES string of the molecule is CC(C)(O)C#Cc1ccc(-c2ccc(Cl)n3c(N)nnc23)c(C(Cc2cc(F)cc(F)c2)NC(=O)Cn2nc(C(F)F)c3c2C(F)(F)[C@@H]2C[C@H]32)n1. The van der Waals surface area contributed by atoms with Gasteiger partial charge in [-0.15, -0.1) is 10.2 Å². The number of nitrogens with one attached hydrogen (secondary N) is 1. The van der Waals surface area contributed by atoms with E-state index in [9.17, 15) is 27.5 Å². The van der Waals surface area contributed by atoms with E-state index in [4.69, 9.17) is 17.3 Å². The average Bonchev–Trinajstić information content (AvgIpc) is 3.53. The number of pyridine rings is 2. The van der Waals surface area contributed by atoms with Gasteiger partial charge in [-0.3, -0.25) is 13.9 Å². The molecule has 4 heterocycles. The largest absolute Gasteiger partial charge is 0.378 e. The summed E-state index contributed by atoms with van der Waals surface area (Å²) < 4.78 is 89.1. The molecule has 4 N–H and O–H groups in total. The molecule has 1 amide bonds. The van der Waals surface area contributed by atoms with Crippen LogP contribution >= 0.6 is 11.6 Å². The fourth-order valence-electron chi connectivity index (χ4n) is 6.58. The first kappa shape index (κ1) is 34.3. The Morgan fingerprint density at radius 3 is 2.51 bits per heavy atom. The number of anilines is 1. The van der Waals surface area contributed by atoms with Crippen molar-refractivity contribution in [2.45, 2.75) is 63.1 Å². The number of amides is 1. The maximum Gasteiger partial charge on any atom is 0.293 e. The predicted molar refractivity (Wildman–Crippen MR) is 172 cm³/mol. The van der Waals surface area contributed by atoms with Crippen molar-refractivity contribution in [3.05, 3.63) is 93.2 Å². The fourth-order valence-corrected chi connectivity index (χ4v) is 6.81. The van der Waals surface area contributed by atoms with Gasteiger partial charge < -0.3 is 16.2 Å². The first-order valence-corrected chi connectivity index (χ1v) is 16.0. The number of fused-ring (bicyclic) bond motifs is 4. The predicted octanol–water partition coefficient (Wildman–Crippen LogP) is 5.87. The summed E-state index contributed by atoms with van der Waals surface area (Å²) >= 11 is 6.36. The van der Waals surface area contributed by atoms with E-state index in [0.717, 1.165) is 12.1 Å². The Balaban J connectivity index is 1.35. The lowest BCUT2D eigenvalue weighted by Crippen LogP contribution is -2.35. The lowest BCUT2D eigenvalue weighted by Gasteiger charge is -2.23. The summed E-state index contributed by atoms with van der Waals surface area (Å²) in [6.07, 6.45) is -3.39. The van der Waals surface area contributed by atoms with E-state index in [1.807, 2.05) is 0 Å². The van der Waals surface area contributed by atoms with Gasteiger partial charge in [0.15, 0.2) is 5.65 Å². The Morgan fingerprint density at radius 2 is 1.82 bits per heavy atom. The van der Waals surface area contributed by atoms with E-state index in [2.05, 4.69) is 37.4 Å². The summed E-state index contributed by atoms with van der Waals surface area (Å²) in [5, 5.41) is 24.8. The molecule has 10 nitrogen and oxygen atoms in total. The van der Waals surface area contributed by atoms with Gasteiger partial charge in [-0.2, -0.15) is 13.9 Å². The minimum absolute atomic E-state index is 0.0385. The number of hydrogen-bond donors (Lipinski definition) is 3. The Labute approximate surface area is 290 Å². The highest BCUT2D eigenvalue weighted by Crippen LogP contribution is 2.68. The number of benzene rings is 1. The van der Waals surface area contributed by atoms with Crippen LogP contribution in [0.4, 0.5) is 32.3 Å². The van der Waals surface area contributed by atoms with Gasteiger partial charge in [-0.05, 0) is 80.5 Å². The molecule has 3 atom stereocenters. The summed E-state index contributed by atoms with van der Waals surface area (Å²) in [5.41, 5.74) is 3.96. The highest BCUT2D eigenvalue weighted by Gasteiger charge is 2.67. The van der Waals surface area contributed by atoms with Gasteiger partial charge in [-0.25, -0.2) is 22.5 Å². The fraction of sp³-hybridized carbons (Fsp3) is 0.324. The first-order chi connectivity index (χ1) is 24.0. The Hall–Kier alpha value is -5.14. The number of aliphatic hydroxyl groups is 1. The molecular formula is C34H27ClF6N8O2. The zero-order valence-electron chi connectivity index (χ0n) is 26.7. The molecule has 4 aromatic heterocycles. The molecule has 17 heteroatoms. The van der Waals surface area contributed by atoms with E-state index in [1.165, 1.54) is 30.4 Å². The number of nitrogens with zero attached hydrogens (tertiary/aromatic N) is 6. The molecule has 0 radical (unpaired) electrons. The summed E-state index contributed by atoms with van der Waals surface area (Å²) in [5.74, 6) is -2.77. The standard InChI is InChI=1S/C34H27ClF6N8O2/c1-33(2,51)8-7-18-3-4-19(20-5-6-24(35)49-31(20)45-46-32(49)42)27(43-18)23(11-15-9-16(36)12-17(37)10-15)44-25(50)14-48-29-26(28(47-48)30(38)39)21-13-22(21)34(29,40)41/h3-6,9-10,12,21-23,30,51H,11,13-14H2,1-2H3,(H2,42,46)(H,44,50)/t21-,22+,23?/m0/s1. The third kappa shape index (κ3) is 6.36. The molecule has 0 bridgehead atoms. The second-order valence-corrected chi connectivity index (χ2v) is 13.4. The number of nitrogen functional groups attached to an aromatic ring is 1. The van der Waals surface area contributed by atoms with Crippen molar-refractivity contribution in [2.24, 2.45) is 5.92 Å². The van der Waals surface area contributed by atoms with Gasteiger partial charge in [0, 0.05) is 28.7 Å². The molecule has 0 aliphatic heterocycles. The van der Waals surface area contributed by atoms with Crippen molar-refractivity contribution in [3.8, 4) is 23.0 Å². The van der Waals surface area contributed by atoms with Crippen LogP contribution in [0.1, 0.15) is 72.6 Å². The van der Waals surface area contributed by atoms with E-state index < -0.39 is 71.3 Å². The molecule has 1 saturated carbocycles. The van der Waals surface area contributed by atoms with Crippen LogP contribution in [0.2, 0.25) is 5.15 Å². The molecule has 0 spiro atoms. The third-order valence-electron chi connectivity index (χ3n) is 8.73. The highest BCUT2D eigenvalue weighted by molar-refractivity contribution is 6.30. The van der Waals surface area contributed by atoms with Crippen molar-refractivity contribution >= 4 is 29.1 Å². The van der Waals surface area contributed by atoms with Gasteiger partial charge in [0.25, 0.3) is 12.3 Å². The summed E-state index contributed by atoms with van der Waals surface area (Å²) in [6, 6.07) is 7.70. The number of carbonyl (C=O) groups is 1. The Morgan fingerprint density at radius 1 is 1.12 bits per heavy atom. The Bertz CT molecular complexity index is 2270. The number of halogens is 7. The minimum atomic E-state index is -3.47. The molecule has 2 aliphatic carbocycles. The highest BCUT2D eigenvalue weighted by atomic mass is 35.5. The smallest absolute Gasteiger partial charge is 0.293 e. The molecule has 2 aliphatic rings. The molecule has 7 rings (SSSR count). The third-order valence-corrected chi connectivity index (χ3v) is 9.02. The van der Waals surface area contributed by atoms with Crippen molar-refractivity contribution in [3.63, 3.8) is 0 Å². The van der Waals surface area contributed by atoms with Crippen LogP contribution < -0.4 is 11.1 Å². The number of alkyl halides is 4. The van der Waals surface area contributed by atoms with Crippen molar-refractivity contribution in [1.82, 2.24) is 34.7 Å². The molecule has 1 unspecified atom stereocenters. The molecule has 5 aromatic rings. The van der Waals surface area contributed by atoms with E-state index in [-0.39, 0.29) is 52.1 Å². The second-order valence-electron chi connectivity index (χ2n) is 13.0. The quantitative estimate of drug-likeness (QED) is 0.103. The molecule has 1 fully saturated rings. The number of nitrogens with two attached hydrogens (primary N) is 1. The van der Waals surface area contributed by atoms with Crippen LogP contribution in [0.3, 0.4) is 0 Å². The van der Waals surface area contributed by atoms with Crippen molar-refractivity contribution < 1.29 is 36.2 Å². The van der Waals surface area contributed by atoms with E-state index in [0.29, 0.717) is 21.9 Å². The minimum Gasteiger partial charge on any atom is -0.378 e. The second kappa shape index (κ2) is 12.3. The maximum atomic E-state index is 15.3. The van der Waals surface area contributed by atoms with E-state index >= 15 is 8.78 Å². The van der Waals surface area contributed by atoms with Gasteiger partial charge in [-0.1, -0.05) is 17.5 Å². The maximum absolute atomic E-state index is 15.3. The number of aromatic nitrogens is 6. The average molecular weight is 729 g/mol. The van der Waals surface area contributed by atoms with Crippen LogP contribution in [0.25, 0.3) is 16.8 Å². The van der Waals surface area contributed by atoms with Gasteiger partial charge >= 0.3 is 0 Å². The first-order valence-electron chi connectivity index (χ1n) is 15.6. The van der Waals surface area contributed by atoms with Gasteiger partial charge in [0.1, 0.15) is 46.0 Å². The summed E-state index contributed by atoms with van der Waals surface area (Å²) in [6.45, 7) is 2.03. The number of carbonyl (C=O) groups excluding carboxylic acids is 1. The summed E-state index contributed by atoms with van der Waals surface area (Å²) in [4.78, 5) is 18.4. The monoisotopic (exact) mass is 728 g/mol. The molecule has 1 aromatic carbocycles. The lowest BCUT2D eigenvalue weighted by atomic mass is 9.95. The number of rotatable bonds is 8. The summed E-state index contributed by atoms with van der Waals surface area (Å²) in [7, 11) is 0. The lowest BCUT2D eigenvalue weighted by molar-refractivity contribution is -0.123. The van der Waals surface area contributed by atoms with Crippen LogP contribution in [0.5, 0.6) is 0 Å². The van der Waals surface area contributed by atoms with Gasteiger partial charge in [0.05, 0.1) is 11.7 Å². The molecule has 264 valence electrons. The van der Waals surface area contributed by atoms with Crippen LogP contribution in [-0.4, -0.2) is 46.0 Å². The van der Waals surface area contributed by atoms with Crippen LogP contribution in [0.15, 0.2) is 42.5 Å². The molecular weight excluding hydrogens is 702 g/mol. The zero-order chi connectivity index (χ0) is 36.6.